The van der Waals surface area contributed by atoms with Crippen molar-refractivity contribution in [2.24, 2.45) is 5.92 Å². The highest BCUT2D eigenvalue weighted by molar-refractivity contribution is 7.86. The van der Waals surface area contributed by atoms with E-state index in [-0.39, 0.29) is 47.6 Å². The zero-order valence-corrected chi connectivity index (χ0v) is 24.1. The van der Waals surface area contributed by atoms with Crippen molar-refractivity contribution in [1.82, 2.24) is 0 Å². The van der Waals surface area contributed by atoms with Crippen LogP contribution >= 0.6 is 0 Å². The number of carbonyl (C=O) groups excluding carboxylic acids is 2. The molecule has 0 bridgehead atoms. The minimum absolute atomic E-state index is 0.0928. The van der Waals surface area contributed by atoms with Gasteiger partial charge < -0.3 is 25.0 Å². The molecule has 0 aliphatic carbocycles. The molecule has 2 unspecified atom stereocenters. The van der Waals surface area contributed by atoms with Gasteiger partial charge in [-0.3, -0.25) is 14.1 Å². The fourth-order valence-electron chi connectivity index (χ4n) is 5.27. The molecule has 11 heteroatoms. The van der Waals surface area contributed by atoms with Crippen molar-refractivity contribution in [1.29, 1.82) is 0 Å². The number of benzene rings is 3. The van der Waals surface area contributed by atoms with Crippen LogP contribution in [0.15, 0.2) is 54.6 Å². The van der Waals surface area contributed by atoms with Crippen LogP contribution in [0.4, 0.5) is 17.1 Å². The normalized spacial score (nSPS) is 17.7. The molecule has 10 nitrogen and oxygen atoms in total. The highest BCUT2D eigenvalue weighted by Crippen LogP contribution is 2.43. The Morgan fingerprint density at radius 3 is 2.54 bits per heavy atom. The van der Waals surface area contributed by atoms with Gasteiger partial charge in [-0.25, -0.2) is 0 Å². The summed E-state index contributed by atoms with van der Waals surface area (Å²) in [5.41, 5.74) is 4.29. The van der Waals surface area contributed by atoms with Gasteiger partial charge in [-0.1, -0.05) is 45.0 Å². The standard InChI is InChI=1S/C30H33N3O7S/c1-5-18-10-19(12-21(11-18)31-28(34)17(2)3)16-40-27-15-23-22(14-26(27)39-4)30(35)33-24-9-7-6-8-20(24)13-25(33)29(32-23)41(36,37)38/h6-12,14-15,17,25,29,32H,5,13,16H2,1-4H3,(H,31,34)(H,36,37,38). The van der Waals surface area contributed by atoms with Crippen molar-refractivity contribution >= 4 is 39.0 Å². The number of hydrogen-bond donors (Lipinski definition) is 3. The number of methoxy groups -OCH3 is 1. The first-order valence-corrected chi connectivity index (χ1v) is 14.9. The number of nitrogens with zero attached hydrogens (tertiary/aromatic N) is 1. The van der Waals surface area contributed by atoms with E-state index in [0.29, 0.717) is 11.4 Å². The average Bonchev–Trinajstić information content (AvgIpc) is 3.26. The predicted octanol–water partition coefficient (Wildman–Crippen LogP) is 4.64. The lowest BCUT2D eigenvalue weighted by atomic mass is 10.1. The topological polar surface area (TPSA) is 134 Å². The van der Waals surface area contributed by atoms with Crippen LogP contribution < -0.4 is 25.0 Å². The lowest BCUT2D eigenvalue weighted by molar-refractivity contribution is -0.118. The monoisotopic (exact) mass is 579 g/mol. The molecule has 3 aromatic rings. The molecular formula is C30H33N3O7S. The Kier molecular flexibility index (Phi) is 7.67. The molecule has 0 fully saturated rings. The molecule has 216 valence electrons. The Bertz CT molecular complexity index is 1620. The third-order valence-electron chi connectivity index (χ3n) is 7.38. The lowest BCUT2D eigenvalue weighted by Gasteiger charge is -2.27. The van der Waals surface area contributed by atoms with Crippen LogP contribution in [0.25, 0.3) is 0 Å². The van der Waals surface area contributed by atoms with Crippen LogP contribution in [0.3, 0.4) is 0 Å². The number of nitrogens with one attached hydrogen (secondary N) is 2. The van der Waals surface area contributed by atoms with Crippen LogP contribution in [-0.2, 0) is 34.4 Å². The van der Waals surface area contributed by atoms with Crippen LogP contribution in [-0.4, -0.2) is 43.3 Å². The van der Waals surface area contributed by atoms with E-state index in [1.54, 1.807) is 12.1 Å². The third-order valence-corrected chi connectivity index (χ3v) is 8.45. The summed E-state index contributed by atoms with van der Waals surface area (Å²) in [5.74, 6) is -0.120. The van der Waals surface area contributed by atoms with Crippen molar-refractivity contribution in [3.05, 3.63) is 76.9 Å². The highest BCUT2D eigenvalue weighted by atomic mass is 32.2. The minimum Gasteiger partial charge on any atom is -0.493 e. The van der Waals surface area contributed by atoms with Gasteiger partial charge in [-0.2, -0.15) is 8.42 Å². The first-order chi connectivity index (χ1) is 19.5. The SMILES string of the molecule is CCc1cc(COc2cc3c(cc2OC)C(=O)N2c4ccccc4CC2C(S(=O)(=O)O)N3)cc(NC(=O)C(C)C)c1. The Morgan fingerprint density at radius 1 is 1.12 bits per heavy atom. The number of ether oxygens (including phenoxy) is 2. The molecule has 5 rings (SSSR count). The van der Waals surface area contributed by atoms with Gasteiger partial charge >= 0.3 is 0 Å². The number of amides is 2. The van der Waals surface area contributed by atoms with E-state index in [1.807, 2.05) is 51.1 Å². The molecule has 2 amide bonds. The number of rotatable bonds is 8. The maximum absolute atomic E-state index is 13.8. The summed E-state index contributed by atoms with van der Waals surface area (Å²) in [7, 11) is -3.16. The quantitative estimate of drug-likeness (QED) is 0.329. The van der Waals surface area contributed by atoms with Crippen LogP contribution in [0.5, 0.6) is 11.5 Å². The van der Waals surface area contributed by atoms with Gasteiger partial charge in [0.1, 0.15) is 6.61 Å². The van der Waals surface area contributed by atoms with Gasteiger partial charge in [0.25, 0.3) is 16.0 Å². The van der Waals surface area contributed by atoms with E-state index in [2.05, 4.69) is 10.6 Å². The van der Waals surface area contributed by atoms with Crippen LogP contribution in [0, 0.1) is 5.92 Å². The Balaban J connectivity index is 1.49. The van der Waals surface area contributed by atoms with Crippen molar-refractivity contribution in [3.63, 3.8) is 0 Å². The Morgan fingerprint density at radius 2 is 1.85 bits per heavy atom. The molecule has 3 N–H and O–H groups in total. The maximum atomic E-state index is 13.8. The maximum Gasteiger partial charge on any atom is 0.288 e. The van der Waals surface area contributed by atoms with Gasteiger partial charge in [0.2, 0.25) is 5.91 Å². The average molecular weight is 580 g/mol. The fraction of sp³-hybridized carbons (Fsp3) is 0.333. The molecule has 3 aromatic carbocycles. The van der Waals surface area contributed by atoms with E-state index >= 15 is 0 Å². The van der Waals surface area contributed by atoms with Crippen molar-refractivity contribution < 1.29 is 32.0 Å². The first-order valence-electron chi connectivity index (χ1n) is 13.4. The van der Waals surface area contributed by atoms with Crippen molar-refractivity contribution in [2.75, 3.05) is 22.6 Å². The second-order valence-electron chi connectivity index (χ2n) is 10.5. The molecule has 0 saturated heterocycles. The fourth-order valence-corrected chi connectivity index (χ4v) is 6.16. The number of carbonyl (C=O) groups is 2. The molecule has 2 aliphatic rings. The summed E-state index contributed by atoms with van der Waals surface area (Å²) >= 11 is 0. The van der Waals surface area contributed by atoms with E-state index in [9.17, 15) is 22.6 Å². The molecule has 0 radical (unpaired) electrons. The van der Waals surface area contributed by atoms with E-state index < -0.39 is 27.4 Å². The van der Waals surface area contributed by atoms with Crippen molar-refractivity contribution in [2.45, 2.75) is 51.6 Å². The molecule has 2 heterocycles. The number of aryl methyl sites for hydroxylation is 1. The van der Waals surface area contributed by atoms with E-state index in [4.69, 9.17) is 9.47 Å². The van der Waals surface area contributed by atoms with Gasteiger partial charge in [-0.15, -0.1) is 0 Å². The third kappa shape index (κ3) is 5.59. The van der Waals surface area contributed by atoms with Crippen LogP contribution in [0.2, 0.25) is 0 Å². The van der Waals surface area contributed by atoms with E-state index in [1.165, 1.54) is 24.1 Å². The summed E-state index contributed by atoms with van der Waals surface area (Å²) in [6.07, 6.45) is 1.02. The van der Waals surface area contributed by atoms with Crippen molar-refractivity contribution in [3.8, 4) is 11.5 Å². The second-order valence-corrected chi connectivity index (χ2v) is 12.1. The smallest absolute Gasteiger partial charge is 0.288 e. The molecule has 2 atom stereocenters. The highest BCUT2D eigenvalue weighted by Gasteiger charge is 2.47. The number of para-hydroxylation sites is 1. The molecule has 0 spiro atoms. The molecule has 41 heavy (non-hydrogen) atoms. The predicted molar refractivity (Wildman–Crippen MR) is 156 cm³/mol. The zero-order chi connectivity index (χ0) is 29.5. The largest absolute Gasteiger partial charge is 0.493 e. The first kappa shape index (κ1) is 28.4. The summed E-state index contributed by atoms with van der Waals surface area (Å²) in [5, 5.41) is 4.36. The Hall–Kier alpha value is -4.09. The van der Waals surface area contributed by atoms with Gasteiger partial charge in [0.15, 0.2) is 16.9 Å². The van der Waals surface area contributed by atoms with E-state index in [0.717, 1.165) is 23.1 Å². The zero-order valence-electron chi connectivity index (χ0n) is 23.3. The summed E-state index contributed by atoms with van der Waals surface area (Å²) in [6, 6.07) is 15.1. The minimum atomic E-state index is -4.61. The summed E-state index contributed by atoms with van der Waals surface area (Å²) in [4.78, 5) is 27.5. The van der Waals surface area contributed by atoms with Gasteiger partial charge in [0.05, 0.1) is 24.4 Å². The Labute approximate surface area is 239 Å². The number of fused-ring (bicyclic) bond motifs is 4. The lowest BCUT2D eigenvalue weighted by Crippen LogP contribution is -2.49. The van der Waals surface area contributed by atoms with Crippen LogP contribution in [0.1, 0.15) is 47.8 Å². The van der Waals surface area contributed by atoms with Gasteiger partial charge in [0, 0.05) is 23.4 Å². The number of hydrogen-bond acceptors (Lipinski definition) is 7. The molecule has 0 aromatic heterocycles. The number of anilines is 3. The molecule has 2 aliphatic heterocycles. The summed E-state index contributed by atoms with van der Waals surface area (Å²) in [6.45, 7) is 5.77. The summed E-state index contributed by atoms with van der Waals surface area (Å²) < 4.78 is 47.0. The molecule has 0 saturated carbocycles. The van der Waals surface area contributed by atoms with Gasteiger partial charge in [-0.05, 0) is 53.8 Å². The second kappa shape index (κ2) is 11.1. The molecular weight excluding hydrogens is 546 g/mol.